The van der Waals surface area contributed by atoms with Gasteiger partial charge in [-0.15, -0.1) is 10.2 Å². The minimum absolute atomic E-state index is 0.136. The fraction of sp³-hybridized carbons (Fsp3) is 0.200. The van der Waals surface area contributed by atoms with Gasteiger partial charge in [0.1, 0.15) is 12.1 Å². The number of rotatable bonds is 6. The Hall–Kier alpha value is -3.24. The molecule has 158 valence electrons. The van der Waals surface area contributed by atoms with E-state index >= 15 is 0 Å². The van der Waals surface area contributed by atoms with E-state index in [9.17, 15) is 4.79 Å². The molecule has 1 N–H and O–H groups in total. The smallest absolute Gasteiger partial charge is 0.252 e. The van der Waals surface area contributed by atoms with Gasteiger partial charge in [-0.3, -0.25) is 9.36 Å². The highest BCUT2D eigenvalue weighted by atomic mass is 35.5. The summed E-state index contributed by atoms with van der Waals surface area (Å²) >= 11 is 7.34. The van der Waals surface area contributed by atoms with Crippen molar-refractivity contribution in [3.8, 4) is 11.6 Å². The van der Waals surface area contributed by atoms with Gasteiger partial charge in [-0.25, -0.2) is 9.97 Å². The molecule has 3 heterocycles. The van der Waals surface area contributed by atoms with Gasteiger partial charge in [-0.1, -0.05) is 29.4 Å². The number of anilines is 1. The van der Waals surface area contributed by atoms with Crippen molar-refractivity contribution >= 4 is 35.1 Å². The highest BCUT2D eigenvalue weighted by Gasteiger charge is 2.15. The number of carbonyl (C=O) groups is 1. The molecule has 0 radical (unpaired) electrons. The summed E-state index contributed by atoms with van der Waals surface area (Å²) in [5.41, 5.74) is 3.21. The second-order valence-electron chi connectivity index (χ2n) is 6.83. The molecule has 9 nitrogen and oxygen atoms in total. The number of hydrogen-bond acceptors (Lipinski definition) is 7. The van der Waals surface area contributed by atoms with Crippen LogP contribution in [0.4, 0.5) is 5.82 Å². The zero-order valence-electron chi connectivity index (χ0n) is 17.1. The number of amides is 1. The molecule has 0 atom stereocenters. The van der Waals surface area contributed by atoms with Crippen LogP contribution in [0.25, 0.3) is 11.6 Å². The molecule has 3 aromatic heterocycles. The first kappa shape index (κ1) is 21.0. The van der Waals surface area contributed by atoms with E-state index in [-0.39, 0.29) is 11.7 Å². The Kier molecular flexibility index (Phi) is 6.01. The minimum Gasteiger partial charge on any atom is -0.310 e. The Bertz CT molecular complexity index is 1230. The summed E-state index contributed by atoms with van der Waals surface area (Å²) < 4.78 is 3.31. The molecule has 0 saturated heterocycles. The summed E-state index contributed by atoms with van der Waals surface area (Å²) in [6, 6.07) is 11.0. The lowest BCUT2D eigenvalue weighted by Crippen LogP contribution is -2.18. The minimum atomic E-state index is -0.212. The molecule has 0 aliphatic rings. The molecule has 0 aliphatic heterocycles. The van der Waals surface area contributed by atoms with E-state index in [0.717, 1.165) is 22.8 Å². The van der Waals surface area contributed by atoms with E-state index in [0.29, 0.717) is 21.9 Å². The zero-order chi connectivity index (χ0) is 22.0. The summed E-state index contributed by atoms with van der Waals surface area (Å²) in [5.74, 6) is 0.840. The van der Waals surface area contributed by atoms with Gasteiger partial charge in [-0.2, -0.15) is 9.78 Å². The summed E-state index contributed by atoms with van der Waals surface area (Å²) in [6.45, 7) is 5.62. The van der Waals surface area contributed by atoms with Crippen molar-refractivity contribution in [2.24, 2.45) is 0 Å². The largest absolute Gasteiger partial charge is 0.310 e. The van der Waals surface area contributed by atoms with Crippen LogP contribution in [0.15, 0.2) is 47.9 Å². The zero-order valence-corrected chi connectivity index (χ0v) is 18.6. The molecular formula is C20H19ClN8OS. The molecule has 31 heavy (non-hydrogen) atoms. The van der Waals surface area contributed by atoms with E-state index in [4.69, 9.17) is 11.6 Å². The first-order valence-electron chi connectivity index (χ1n) is 9.37. The Morgan fingerprint density at radius 3 is 2.61 bits per heavy atom. The fourth-order valence-corrected chi connectivity index (χ4v) is 3.89. The standard InChI is InChI=1S/C20H19ClN8OS/c1-12-7-13(2)24-19(23-12)29-17(8-14(3)27-29)25-18(30)10-31-20-26-22-11-28(20)16-6-4-5-15(21)9-16/h4-9,11H,10H2,1-3H3,(H,25,30). The number of nitrogens with one attached hydrogen (secondary N) is 1. The van der Waals surface area contributed by atoms with Crippen molar-refractivity contribution in [2.75, 3.05) is 11.1 Å². The molecule has 11 heteroatoms. The predicted octanol–water partition coefficient (Wildman–Crippen LogP) is 3.55. The molecule has 0 aliphatic carbocycles. The number of benzene rings is 1. The van der Waals surface area contributed by atoms with Crippen molar-refractivity contribution in [1.29, 1.82) is 0 Å². The number of nitrogens with zero attached hydrogens (tertiary/aromatic N) is 7. The molecule has 1 amide bonds. The first-order valence-corrected chi connectivity index (χ1v) is 10.7. The van der Waals surface area contributed by atoms with Crippen LogP contribution in [0.5, 0.6) is 0 Å². The van der Waals surface area contributed by atoms with Crippen molar-refractivity contribution in [3.05, 3.63) is 64.8 Å². The maximum Gasteiger partial charge on any atom is 0.252 e. The lowest BCUT2D eigenvalue weighted by Gasteiger charge is -2.09. The number of aryl methyl sites for hydroxylation is 3. The van der Waals surface area contributed by atoms with Crippen LogP contribution in [0.2, 0.25) is 5.02 Å². The number of halogens is 1. The van der Waals surface area contributed by atoms with Crippen LogP contribution in [-0.4, -0.2) is 46.2 Å². The van der Waals surface area contributed by atoms with Crippen LogP contribution >= 0.6 is 23.4 Å². The lowest BCUT2D eigenvalue weighted by atomic mass is 10.3. The summed E-state index contributed by atoms with van der Waals surface area (Å²) in [6.07, 6.45) is 1.59. The third-order valence-electron chi connectivity index (χ3n) is 4.19. The third-order valence-corrected chi connectivity index (χ3v) is 5.37. The molecule has 0 saturated carbocycles. The average molecular weight is 455 g/mol. The maximum absolute atomic E-state index is 12.6. The highest BCUT2D eigenvalue weighted by Crippen LogP contribution is 2.22. The van der Waals surface area contributed by atoms with Gasteiger partial charge in [0.05, 0.1) is 17.1 Å². The second-order valence-corrected chi connectivity index (χ2v) is 8.21. The number of thioether (sulfide) groups is 1. The van der Waals surface area contributed by atoms with E-state index in [2.05, 4.69) is 30.6 Å². The second kappa shape index (κ2) is 8.86. The SMILES string of the molecule is Cc1cc(C)nc(-n2nc(C)cc2NC(=O)CSc2nncn2-c2cccc(Cl)c2)n1. The van der Waals surface area contributed by atoms with Crippen LogP contribution in [-0.2, 0) is 4.79 Å². The van der Waals surface area contributed by atoms with E-state index < -0.39 is 0 Å². The maximum atomic E-state index is 12.6. The lowest BCUT2D eigenvalue weighted by molar-refractivity contribution is -0.113. The topological polar surface area (TPSA) is 103 Å². The first-order chi connectivity index (χ1) is 14.9. The molecular weight excluding hydrogens is 436 g/mol. The number of hydrogen-bond donors (Lipinski definition) is 1. The summed E-state index contributed by atoms with van der Waals surface area (Å²) in [5, 5.41) is 16.5. The molecule has 0 spiro atoms. The summed E-state index contributed by atoms with van der Waals surface area (Å²) in [4.78, 5) is 21.5. The van der Waals surface area contributed by atoms with Gasteiger partial charge in [-0.05, 0) is 45.0 Å². The molecule has 0 unspecified atom stereocenters. The molecule has 0 bridgehead atoms. The van der Waals surface area contributed by atoms with Gasteiger partial charge in [0, 0.05) is 22.5 Å². The van der Waals surface area contributed by atoms with E-state index in [1.807, 2.05) is 39.0 Å². The van der Waals surface area contributed by atoms with Crippen molar-refractivity contribution < 1.29 is 4.79 Å². The van der Waals surface area contributed by atoms with Crippen LogP contribution in [0, 0.1) is 20.8 Å². The van der Waals surface area contributed by atoms with Gasteiger partial charge < -0.3 is 5.32 Å². The predicted molar refractivity (Wildman–Crippen MR) is 119 cm³/mol. The highest BCUT2D eigenvalue weighted by molar-refractivity contribution is 7.99. The number of carbonyl (C=O) groups excluding carboxylic acids is 1. The fourth-order valence-electron chi connectivity index (χ4n) is 2.98. The van der Waals surface area contributed by atoms with E-state index in [1.54, 1.807) is 29.1 Å². The monoisotopic (exact) mass is 454 g/mol. The van der Waals surface area contributed by atoms with Gasteiger partial charge >= 0.3 is 0 Å². The molecule has 1 aromatic carbocycles. The van der Waals surface area contributed by atoms with Gasteiger partial charge in [0.25, 0.3) is 5.95 Å². The quantitative estimate of drug-likeness (QED) is 0.444. The normalized spacial score (nSPS) is 11.0. The third kappa shape index (κ3) is 4.92. The van der Waals surface area contributed by atoms with Gasteiger partial charge in [0.15, 0.2) is 5.16 Å². The van der Waals surface area contributed by atoms with Crippen molar-refractivity contribution in [3.63, 3.8) is 0 Å². The Labute approximate surface area is 187 Å². The summed E-state index contributed by atoms with van der Waals surface area (Å²) in [7, 11) is 0. The van der Waals surface area contributed by atoms with Crippen molar-refractivity contribution in [2.45, 2.75) is 25.9 Å². The molecule has 4 rings (SSSR count). The number of aromatic nitrogens is 7. The van der Waals surface area contributed by atoms with Gasteiger partial charge in [0.2, 0.25) is 5.91 Å². The van der Waals surface area contributed by atoms with E-state index in [1.165, 1.54) is 16.4 Å². The van der Waals surface area contributed by atoms with Crippen LogP contribution in [0.3, 0.4) is 0 Å². The van der Waals surface area contributed by atoms with Crippen LogP contribution in [0.1, 0.15) is 17.1 Å². The molecule has 0 fully saturated rings. The Morgan fingerprint density at radius 2 is 1.87 bits per heavy atom. The molecule has 4 aromatic rings. The van der Waals surface area contributed by atoms with Crippen molar-refractivity contribution in [1.82, 2.24) is 34.5 Å². The average Bonchev–Trinajstić information content (AvgIpc) is 3.32. The van der Waals surface area contributed by atoms with Crippen LogP contribution < -0.4 is 5.32 Å². The Morgan fingerprint density at radius 1 is 1.10 bits per heavy atom. The Balaban J connectivity index is 1.48.